The monoisotopic (exact) mass is 252 g/mol. The maximum atomic E-state index is 5.83. The molecule has 1 atom stereocenters. The Kier molecular flexibility index (Phi) is 3.51. The van der Waals surface area contributed by atoms with E-state index in [9.17, 15) is 0 Å². The lowest BCUT2D eigenvalue weighted by Crippen LogP contribution is -2.19. The zero-order chi connectivity index (χ0) is 13.1. The van der Waals surface area contributed by atoms with Gasteiger partial charge < -0.3 is 5.73 Å². The molecule has 1 aliphatic heterocycles. The van der Waals surface area contributed by atoms with Crippen LogP contribution < -0.4 is 5.73 Å². The van der Waals surface area contributed by atoms with E-state index in [1.165, 1.54) is 24.1 Å². The van der Waals surface area contributed by atoms with Gasteiger partial charge in [0, 0.05) is 18.8 Å². The SMILES string of the molecule is Nc1cccc(CN2CCC(c3ccccc3)C2)c1. The Hall–Kier alpha value is -1.80. The maximum absolute atomic E-state index is 5.83. The van der Waals surface area contributed by atoms with Gasteiger partial charge in [-0.1, -0.05) is 42.5 Å². The Morgan fingerprint density at radius 2 is 1.89 bits per heavy atom. The van der Waals surface area contributed by atoms with E-state index in [1.807, 2.05) is 12.1 Å². The average molecular weight is 252 g/mol. The molecule has 1 saturated heterocycles. The summed E-state index contributed by atoms with van der Waals surface area (Å²) in [6, 6.07) is 19.1. The zero-order valence-electron chi connectivity index (χ0n) is 11.1. The summed E-state index contributed by atoms with van der Waals surface area (Å²) >= 11 is 0. The number of likely N-dealkylation sites (tertiary alicyclic amines) is 1. The number of hydrogen-bond donors (Lipinski definition) is 1. The van der Waals surface area contributed by atoms with E-state index in [2.05, 4.69) is 47.4 Å². The van der Waals surface area contributed by atoms with Crippen LogP contribution in [-0.2, 0) is 6.54 Å². The molecule has 2 nitrogen and oxygen atoms in total. The Morgan fingerprint density at radius 3 is 2.68 bits per heavy atom. The highest BCUT2D eigenvalue weighted by Crippen LogP contribution is 2.28. The van der Waals surface area contributed by atoms with Gasteiger partial charge in [0.05, 0.1) is 0 Å². The van der Waals surface area contributed by atoms with Gasteiger partial charge >= 0.3 is 0 Å². The van der Waals surface area contributed by atoms with E-state index >= 15 is 0 Å². The number of hydrogen-bond acceptors (Lipinski definition) is 2. The maximum Gasteiger partial charge on any atom is 0.0317 e. The van der Waals surface area contributed by atoms with Crippen molar-refractivity contribution in [2.45, 2.75) is 18.9 Å². The van der Waals surface area contributed by atoms with Crippen molar-refractivity contribution >= 4 is 5.69 Å². The molecule has 0 spiro atoms. The molecule has 0 bridgehead atoms. The molecule has 0 aromatic heterocycles. The van der Waals surface area contributed by atoms with Crippen LogP contribution in [0.4, 0.5) is 5.69 Å². The van der Waals surface area contributed by atoms with Crippen molar-refractivity contribution in [2.75, 3.05) is 18.8 Å². The number of anilines is 1. The van der Waals surface area contributed by atoms with E-state index in [4.69, 9.17) is 5.73 Å². The molecular weight excluding hydrogens is 232 g/mol. The Morgan fingerprint density at radius 1 is 1.05 bits per heavy atom. The number of nitrogens with zero attached hydrogens (tertiary/aromatic N) is 1. The summed E-state index contributed by atoms with van der Waals surface area (Å²) in [5.41, 5.74) is 9.47. The van der Waals surface area contributed by atoms with Gasteiger partial charge in [0.1, 0.15) is 0 Å². The molecule has 0 saturated carbocycles. The first-order valence-electron chi connectivity index (χ1n) is 6.93. The molecule has 2 heteroatoms. The van der Waals surface area contributed by atoms with E-state index in [-0.39, 0.29) is 0 Å². The highest BCUT2D eigenvalue weighted by atomic mass is 15.1. The fraction of sp³-hybridized carbons (Fsp3) is 0.294. The summed E-state index contributed by atoms with van der Waals surface area (Å²) in [5.74, 6) is 0.683. The van der Waals surface area contributed by atoms with Crippen LogP contribution in [-0.4, -0.2) is 18.0 Å². The predicted molar refractivity (Wildman–Crippen MR) is 79.9 cm³/mol. The first-order valence-corrected chi connectivity index (χ1v) is 6.93. The molecule has 0 aliphatic carbocycles. The van der Waals surface area contributed by atoms with Crippen molar-refractivity contribution < 1.29 is 0 Å². The van der Waals surface area contributed by atoms with Crippen molar-refractivity contribution in [2.24, 2.45) is 0 Å². The van der Waals surface area contributed by atoms with E-state index < -0.39 is 0 Å². The van der Waals surface area contributed by atoms with Crippen LogP contribution in [0, 0.1) is 0 Å². The van der Waals surface area contributed by atoms with Crippen molar-refractivity contribution in [3.8, 4) is 0 Å². The lowest BCUT2D eigenvalue weighted by atomic mass is 9.99. The largest absolute Gasteiger partial charge is 0.399 e. The van der Waals surface area contributed by atoms with Crippen LogP contribution in [0.15, 0.2) is 54.6 Å². The van der Waals surface area contributed by atoms with Crippen LogP contribution in [0.2, 0.25) is 0 Å². The van der Waals surface area contributed by atoms with E-state index in [0.717, 1.165) is 18.8 Å². The quantitative estimate of drug-likeness (QED) is 0.850. The topological polar surface area (TPSA) is 29.3 Å². The predicted octanol–water partition coefficient (Wildman–Crippen LogP) is 3.26. The van der Waals surface area contributed by atoms with Gasteiger partial charge in [0.2, 0.25) is 0 Å². The van der Waals surface area contributed by atoms with Crippen molar-refractivity contribution in [1.82, 2.24) is 4.90 Å². The first-order chi connectivity index (χ1) is 9.31. The van der Waals surface area contributed by atoms with Gasteiger partial charge in [0.25, 0.3) is 0 Å². The average Bonchev–Trinajstić information content (AvgIpc) is 2.88. The summed E-state index contributed by atoms with van der Waals surface area (Å²) in [6.45, 7) is 3.33. The Labute approximate surface area is 114 Å². The van der Waals surface area contributed by atoms with Gasteiger partial charge in [-0.05, 0) is 42.1 Å². The van der Waals surface area contributed by atoms with Crippen molar-refractivity contribution in [1.29, 1.82) is 0 Å². The molecule has 19 heavy (non-hydrogen) atoms. The van der Waals surface area contributed by atoms with Crippen LogP contribution in [0.3, 0.4) is 0 Å². The molecule has 1 heterocycles. The highest BCUT2D eigenvalue weighted by molar-refractivity contribution is 5.40. The molecule has 1 aliphatic rings. The Balaban J connectivity index is 1.63. The van der Waals surface area contributed by atoms with E-state index in [1.54, 1.807) is 0 Å². The molecule has 2 aromatic rings. The first kappa shape index (κ1) is 12.2. The smallest absolute Gasteiger partial charge is 0.0317 e. The lowest BCUT2D eigenvalue weighted by molar-refractivity contribution is 0.327. The van der Waals surface area contributed by atoms with Crippen molar-refractivity contribution in [3.05, 3.63) is 65.7 Å². The molecule has 98 valence electrons. The normalized spacial score (nSPS) is 19.7. The standard InChI is InChI=1S/C17H20N2/c18-17-8-4-5-14(11-17)12-19-10-9-16(13-19)15-6-2-1-3-7-15/h1-8,11,16H,9-10,12-13,18H2. The fourth-order valence-corrected chi connectivity index (χ4v) is 2.92. The molecule has 0 amide bonds. The molecule has 0 radical (unpaired) electrons. The summed E-state index contributed by atoms with van der Waals surface area (Å²) in [5, 5.41) is 0. The minimum absolute atomic E-state index is 0.683. The summed E-state index contributed by atoms with van der Waals surface area (Å²) in [7, 11) is 0. The van der Waals surface area contributed by atoms with Gasteiger partial charge in [-0.3, -0.25) is 4.90 Å². The Bertz CT molecular complexity index is 536. The lowest BCUT2D eigenvalue weighted by Gasteiger charge is -2.16. The minimum Gasteiger partial charge on any atom is -0.399 e. The second kappa shape index (κ2) is 5.45. The molecule has 2 aromatic carbocycles. The third kappa shape index (κ3) is 2.96. The summed E-state index contributed by atoms with van der Waals surface area (Å²) in [6.07, 6.45) is 1.26. The third-order valence-corrected chi connectivity index (χ3v) is 3.90. The highest BCUT2D eigenvalue weighted by Gasteiger charge is 2.23. The van der Waals surface area contributed by atoms with Crippen LogP contribution in [0.1, 0.15) is 23.5 Å². The molecule has 2 N–H and O–H groups in total. The van der Waals surface area contributed by atoms with Crippen LogP contribution >= 0.6 is 0 Å². The van der Waals surface area contributed by atoms with Crippen LogP contribution in [0.25, 0.3) is 0 Å². The van der Waals surface area contributed by atoms with Gasteiger partial charge in [0.15, 0.2) is 0 Å². The van der Waals surface area contributed by atoms with Gasteiger partial charge in [-0.15, -0.1) is 0 Å². The van der Waals surface area contributed by atoms with Crippen LogP contribution in [0.5, 0.6) is 0 Å². The van der Waals surface area contributed by atoms with E-state index in [0.29, 0.717) is 5.92 Å². The second-order valence-corrected chi connectivity index (χ2v) is 5.38. The third-order valence-electron chi connectivity index (χ3n) is 3.90. The number of benzene rings is 2. The minimum atomic E-state index is 0.683. The molecule has 3 rings (SSSR count). The number of rotatable bonds is 3. The number of nitrogens with two attached hydrogens (primary N) is 1. The second-order valence-electron chi connectivity index (χ2n) is 5.38. The van der Waals surface area contributed by atoms with Gasteiger partial charge in [-0.2, -0.15) is 0 Å². The fourth-order valence-electron chi connectivity index (χ4n) is 2.92. The van der Waals surface area contributed by atoms with Crippen molar-refractivity contribution in [3.63, 3.8) is 0 Å². The number of nitrogen functional groups attached to an aromatic ring is 1. The molecular formula is C17H20N2. The zero-order valence-corrected chi connectivity index (χ0v) is 11.1. The van der Waals surface area contributed by atoms with Gasteiger partial charge in [-0.25, -0.2) is 0 Å². The molecule has 1 unspecified atom stereocenters. The summed E-state index contributed by atoms with van der Waals surface area (Å²) < 4.78 is 0. The summed E-state index contributed by atoms with van der Waals surface area (Å²) in [4.78, 5) is 2.52. The molecule has 1 fully saturated rings.